The van der Waals surface area contributed by atoms with Crippen molar-refractivity contribution in [3.05, 3.63) is 144 Å². The zero-order valence-electron chi connectivity index (χ0n) is 23.1. The van der Waals surface area contributed by atoms with E-state index in [0.717, 1.165) is 6.42 Å². The van der Waals surface area contributed by atoms with E-state index < -0.39 is 0 Å². The second-order valence-electron chi connectivity index (χ2n) is 10.8. The van der Waals surface area contributed by atoms with Crippen LogP contribution in [0.1, 0.15) is 29.2 Å². The van der Waals surface area contributed by atoms with Gasteiger partial charge in [-0.15, -0.1) is 11.3 Å². The molecule has 40 heavy (non-hydrogen) atoms. The van der Waals surface area contributed by atoms with Gasteiger partial charge in [-0.05, 0) is 92.4 Å². The molecule has 0 aliphatic rings. The van der Waals surface area contributed by atoms with Crippen LogP contribution in [0, 0.1) is 13.8 Å². The molecular formula is C38H31NS. The number of allylic oxidation sites excluding steroid dienone is 4. The van der Waals surface area contributed by atoms with Crippen molar-refractivity contribution < 1.29 is 0 Å². The number of hydrogen-bond donors (Lipinski definition) is 0. The van der Waals surface area contributed by atoms with E-state index >= 15 is 0 Å². The third-order valence-electron chi connectivity index (χ3n) is 7.92. The summed E-state index contributed by atoms with van der Waals surface area (Å²) in [6.45, 7) is 6.58. The Morgan fingerprint density at radius 3 is 2.02 bits per heavy atom. The minimum atomic E-state index is 0.854. The highest BCUT2D eigenvalue weighted by atomic mass is 32.1. The van der Waals surface area contributed by atoms with E-state index in [2.05, 4.69) is 147 Å². The summed E-state index contributed by atoms with van der Waals surface area (Å²) in [5, 5.41) is 5.32. The normalized spacial score (nSPS) is 12.8. The first-order valence-corrected chi connectivity index (χ1v) is 14.7. The van der Waals surface area contributed by atoms with E-state index in [0.29, 0.717) is 0 Å². The van der Waals surface area contributed by atoms with Gasteiger partial charge in [0.1, 0.15) is 0 Å². The molecule has 0 radical (unpaired) electrons. The van der Waals surface area contributed by atoms with Gasteiger partial charge in [-0.1, -0.05) is 83.9 Å². The van der Waals surface area contributed by atoms with Crippen LogP contribution in [0.4, 0.5) is 0 Å². The maximum absolute atomic E-state index is 2.45. The molecule has 0 amide bonds. The summed E-state index contributed by atoms with van der Waals surface area (Å²) in [6, 6.07) is 40.1. The Labute approximate surface area is 239 Å². The standard InChI is InChI=1S/C38H31NS/c1-25-13-18-35-32(21-25)33-22-26(2)14-19-36(33)39(35)30(23-27(3)29-9-5-4-6-10-29)17-15-28-16-20-38-34(24-28)31-11-7-8-12-37(31)40-38/h4-14,16-24H,15H2,1-3H3/b27-23+,30-17+. The van der Waals surface area contributed by atoms with Gasteiger partial charge in [0.15, 0.2) is 0 Å². The van der Waals surface area contributed by atoms with Gasteiger partial charge in [-0.25, -0.2) is 0 Å². The fourth-order valence-electron chi connectivity index (χ4n) is 5.87. The molecule has 2 aromatic heterocycles. The molecule has 7 rings (SSSR count). The lowest BCUT2D eigenvalue weighted by Crippen LogP contribution is -1.97. The quantitative estimate of drug-likeness (QED) is 0.194. The van der Waals surface area contributed by atoms with Crippen LogP contribution in [0.25, 0.3) is 53.2 Å². The molecule has 2 heteroatoms. The van der Waals surface area contributed by atoms with E-state index in [9.17, 15) is 0 Å². The smallest absolute Gasteiger partial charge is 0.0541 e. The molecule has 0 aliphatic heterocycles. The van der Waals surface area contributed by atoms with Crippen molar-refractivity contribution >= 4 is 64.6 Å². The summed E-state index contributed by atoms with van der Waals surface area (Å²) < 4.78 is 5.15. The lowest BCUT2D eigenvalue weighted by Gasteiger charge is -2.12. The largest absolute Gasteiger partial charge is 0.310 e. The van der Waals surface area contributed by atoms with Crippen molar-refractivity contribution in [3.8, 4) is 0 Å². The third kappa shape index (κ3) is 4.35. The Hall–Kier alpha value is -4.40. The highest BCUT2D eigenvalue weighted by molar-refractivity contribution is 7.25. The van der Waals surface area contributed by atoms with E-state index in [1.807, 2.05) is 11.3 Å². The predicted molar refractivity (Wildman–Crippen MR) is 176 cm³/mol. The van der Waals surface area contributed by atoms with Crippen LogP contribution in [-0.4, -0.2) is 4.57 Å². The Kier molecular flexibility index (Phi) is 6.14. The summed E-state index contributed by atoms with van der Waals surface area (Å²) in [5.41, 5.74) is 10.1. The predicted octanol–water partition coefficient (Wildman–Crippen LogP) is 11.0. The van der Waals surface area contributed by atoms with Crippen LogP contribution in [0.3, 0.4) is 0 Å². The Balaban J connectivity index is 1.42. The van der Waals surface area contributed by atoms with Gasteiger partial charge in [-0.2, -0.15) is 0 Å². The van der Waals surface area contributed by atoms with Crippen LogP contribution < -0.4 is 0 Å². The van der Waals surface area contributed by atoms with Crippen molar-refractivity contribution in [2.45, 2.75) is 27.2 Å². The minimum Gasteiger partial charge on any atom is -0.310 e. The van der Waals surface area contributed by atoms with Gasteiger partial charge in [0.2, 0.25) is 0 Å². The molecule has 0 unspecified atom stereocenters. The van der Waals surface area contributed by atoms with E-state index in [1.165, 1.54) is 75.5 Å². The van der Waals surface area contributed by atoms with Gasteiger partial charge < -0.3 is 4.57 Å². The molecule has 0 saturated heterocycles. The zero-order valence-corrected chi connectivity index (χ0v) is 23.9. The van der Waals surface area contributed by atoms with E-state index in [-0.39, 0.29) is 0 Å². The summed E-state index contributed by atoms with van der Waals surface area (Å²) in [7, 11) is 0. The third-order valence-corrected chi connectivity index (χ3v) is 9.07. The number of aryl methyl sites for hydroxylation is 2. The number of rotatable bonds is 5. The number of aromatic nitrogens is 1. The molecule has 194 valence electrons. The van der Waals surface area contributed by atoms with Crippen LogP contribution in [0.2, 0.25) is 0 Å². The van der Waals surface area contributed by atoms with Crippen molar-refractivity contribution in [2.75, 3.05) is 0 Å². The molecule has 0 N–H and O–H groups in total. The molecule has 0 spiro atoms. The molecule has 0 atom stereocenters. The van der Waals surface area contributed by atoms with Gasteiger partial charge in [0.05, 0.1) is 11.0 Å². The monoisotopic (exact) mass is 533 g/mol. The highest BCUT2D eigenvalue weighted by Gasteiger charge is 2.14. The van der Waals surface area contributed by atoms with Crippen LogP contribution in [0.5, 0.6) is 0 Å². The first-order valence-electron chi connectivity index (χ1n) is 13.9. The first-order chi connectivity index (χ1) is 19.5. The molecular weight excluding hydrogens is 502 g/mol. The number of hydrogen-bond acceptors (Lipinski definition) is 1. The number of fused-ring (bicyclic) bond motifs is 6. The molecule has 7 aromatic rings. The molecule has 0 saturated carbocycles. The molecule has 0 fully saturated rings. The molecule has 0 aliphatic carbocycles. The fourth-order valence-corrected chi connectivity index (χ4v) is 6.96. The van der Waals surface area contributed by atoms with Crippen molar-refractivity contribution in [1.82, 2.24) is 4.57 Å². The van der Waals surface area contributed by atoms with Gasteiger partial charge in [0, 0.05) is 36.6 Å². The minimum absolute atomic E-state index is 0.854. The second-order valence-corrected chi connectivity index (χ2v) is 11.9. The molecule has 2 heterocycles. The van der Waals surface area contributed by atoms with E-state index in [1.54, 1.807) is 0 Å². The van der Waals surface area contributed by atoms with Gasteiger partial charge in [-0.3, -0.25) is 0 Å². The number of thiophene rings is 1. The zero-order chi connectivity index (χ0) is 27.2. The Morgan fingerprint density at radius 1 is 0.650 bits per heavy atom. The summed E-state index contributed by atoms with van der Waals surface area (Å²) in [6.07, 6.45) is 5.61. The molecule has 0 bridgehead atoms. The number of benzene rings is 5. The lowest BCUT2D eigenvalue weighted by atomic mass is 10.0. The van der Waals surface area contributed by atoms with Crippen LogP contribution >= 0.6 is 11.3 Å². The summed E-state index contributed by atoms with van der Waals surface area (Å²) >= 11 is 1.87. The van der Waals surface area contributed by atoms with Gasteiger partial charge >= 0.3 is 0 Å². The summed E-state index contributed by atoms with van der Waals surface area (Å²) in [5.74, 6) is 0. The average molecular weight is 534 g/mol. The summed E-state index contributed by atoms with van der Waals surface area (Å²) in [4.78, 5) is 0. The Bertz CT molecular complexity index is 2040. The second kappa shape index (κ2) is 9.97. The maximum atomic E-state index is 2.45. The molecule has 5 aromatic carbocycles. The van der Waals surface area contributed by atoms with Crippen molar-refractivity contribution in [2.24, 2.45) is 0 Å². The molecule has 1 nitrogen and oxygen atoms in total. The van der Waals surface area contributed by atoms with Crippen molar-refractivity contribution in [3.63, 3.8) is 0 Å². The van der Waals surface area contributed by atoms with Crippen molar-refractivity contribution in [1.29, 1.82) is 0 Å². The fraction of sp³-hybridized carbons (Fsp3) is 0.105. The van der Waals surface area contributed by atoms with E-state index in [4.69, 9.17) is 0 Å². The van der Waals surface area contributed by atoms with Gasteiger partial charge in [0.25, 0.3) is 0 Å². The highest BCUT2D eigenvalue weighted by Crippen LogP contribution is 2.36. The maximum Gasteiger partial charge on any atom is 0.0541 e. The first kappa shape index (κ1) is 24.6. The number of nitrogens with zero attached hydrogens (tertiary/aromatic N) is 1. The average Bonchev–Trinajstić information content (AvgIpc) is 3.50. The SMILES string of the molecule is C/C(=C\C(=C/Cc1ccc2sc3ccccc3c2c1)n1c2ccc(C)cc2c2cc(C)ccc21)c1ccccc1. The Morgan fingerprint density at radius 2 is 1.30 bits per heavy atom. The van der Waals surface area contributed by atoms with Crippen LogP contribution in [-0.2, 0) is 6.42 Å². The topological polar surface area (TPSA) is 4.93 Å². The lowest BCUT2D eigenvalue weighted by molar-refractivity contribution is 1.19. The van der Waals surface area contributed by atoms with Crippen LogP contribution in [0.15, 0.2) is 121 Å².